The van der Waals surface area contributed by atoms with Crippen LogP contribution in [0.5, 0.6) is 11.5 Å². The van der Waals surface area contributed by atoms with Gasteiger partial charge in [0.2, 0.25) is 0 Å². The lowest BCUT2D eigenvalue weighted by Crippen LogP contribution is -2.17. The molecular weight excluding hydrogens is 268 g/mol. The van der Waals surface area contributed by atoms with Crippen LogP contribution in [0.4, 0.5) is 5.69 Å². The molecule has 0 heterocycles. The molecule has 2 aromatic carbocycles. The maximum absolute atomic E-state index is 11.5. The summed E-state index contributed by atoms with van der Waals surface area (Å²) in [6.45, 7) is 1.90. The van der Waals surface area contributed by atoms with Crippen molar-refractivity contribution < 1.29 is 15.0 Å². The quantitative estimate of drug-likeness (QED) is 0.696. The number of nitrogens with one attached hydrogen (secondary N) is 2. The molecule has 0 aromatic heterocycles. The highest BCUT2D eigenvalue weighted by molar-refractivity contribution is 5.94. The summed E-state index contributed by atoms with van der Waals surface area (Å²) in [5.74, 6) is -0.0684. The second-order valence-corrected chi connectivity index (χ2v) is 4.77. The van der Waals surface area contributed by atoms with Gasteiger partial charge in [-0.15, -0.1) is 0 Å². The summed E-state index contributed by atoms with van der Waals surface area (Å²) < 4.78 is 0. The van der Waals surface area contributed by atoms with E-state index in [-0.39, 0.29) is 23.4 Å². The van der Waals surface area contributed by atoms with Crippen molar-refractivity contribution in [2.75, 3.05) is 12.4 Å². The largest absolute Gasteiger partial charge is 0.508 e. The zero-order chi connectivity index (χ0) is 15.4. The molecule has 0 aliphatic rings. The minimum Gasteiger partial charge on any atom is -0.508 e. The van der Waals surface area contributed by atoms with Crippen LogP contribution in [-0.4, -0.2) is 23.2 Å². The van der Waals surface area contributed by atoms with Crippen LogP contribution in [0.2, 0.25) is 0 Å². The van der Waals surface area contributed by atoms with Gasteiger partial charge in [-0.05, 0) is 43.3 Å². The highest BCUT2D eigenvalue weighted by Gasteiger charge is 2.11. The van der Waals surface area contributed by atoms with Crippen molar-refractivity contribution in [2.45, 2.75) is 13.0 Å². The van der Waals surface area contributed by atoms with Crippen LogP contribution in [0.3, 0.4) is 0 Å². The number of carbonyl (C=O) groups excluding carboxylic acids is 1. The first-order valence-corrected chi connectivity index (χ1v) is 6.62. The fraction of sp³-hybridized carbons (Fsp3) is 0.188. The number of amides is 1. The van der Waals surface area contributed by atoms with Gasteiger partial charge in [-0.2, -0.15) is 0 Å². The molecular formula is C16H18N2O3. The van der Waals surface area contributed by atoms with Gasteiger partial charge in [-0.1, -0.05) is 0 Å². The van der Waals surface area contributed by atoms with Gasteiger partial charge in [0.15, 0.2) is 0 Å². The number of rotatable bonds is 4. The maximum Gasteiger partial charge on any atom is 0.251 e. The highest BCUT2D eigenvalue weighted by atomic mass is 16.3. The molecule has 5 nitrogen and oxygen atoms in total. The third-order valence-corrected chi connectivity index (χ3v) is 3.24. The molecule has 0 aliphatic carbocycles. The van der Waals surface area contributed by atoms with Crippen molar-refractivity contribution in [1.29, 1.82) is 0 Å². The predicted octanol–water partition coefficient (Wildman–Crippen LogP) is 2.63. The molecule has 2 aromatic rings. The van der Waals surface area contributed by atoms with Crippen molar-refractivity contribution in [3.05, 3.63) is 53.6 Å². The lowest BCUT2D eigenvalue weighted by molar-refractivity contribution is 0.0963. The molecule has 0 bridgehead atoms. The molecule has 0 fully saturated rings. The average molecular weight is 286 g/mol. The molecule has 0 radical (unpaired) electrons. The molecule has 5 heteroatoms. The van der Waals surface area contributed by atoms with Crippen molar-refractivity contribution >= 4 is 11.6 Å². The van der Waals surface area contributed by atoms with Crippen LogP contribution in [0.1, 0.15) is 28.9 Å². The van der Waals surface area contributed by atoms with E-state index in [4.69, 9.17) is 0 Å². The van der Waals surface area contributed by atoms with Gasteiger partial charge in [0.1, 0.15) is 11.5 Å². The van der Waals surface area contributed by atoms with Gasteiger partial charge in [0.05, 0.1) is 6.04 Å². The van der Waals surface area contributed by atoms with E-state index in [0.29, 0.717) is 11.1 Å². The summed E-state index contributed by atoms with van der Waals surface area (Å²) in [7, 11) is 1.59. The van der Waals surface area contributed by atoms with E-state index in [1.807, 2.05) is 6.92 Å². The Morgan fingerprint density at radius 3 is 2.33 bits per heavy atom. The van der Waals surface area contributed by atoms with Gasteiger partial charge in [-0.3, -0.25) is 4.79 Å². The van der Waals surface area contributed by atoms with Crippen molar-refractivity contribution in [3.8, 4) is 11.5 Å². The Labute approximate surface area is 123 Å². The Bertz CT molecular complexity index is 638. The molecule has 0 aliphatic heterocycles. The number of benzene rings is 2. The fourth-order valence-electron chi connectivity index (χ4n) is 2.09. The van der Waals surface area contributed by atoms with E-state index in [2.05, 4.69) is 10.6 Å². The highest BCUT2D eigenvalue weighted by Crippen LogP contribution is 2.29. The van der Waals surface area contributed by atoms with Crippen LogP contribution in [0, 0.1) is 0 Å². The maximum atomic E-state index is 11.5. The SMILES string of the molecule is CNC(=O)c1ccc(NC(C)c2ccc(O)cc2O)cc1. The first kappa shape index (κ1) is 14.7. The van der Waals surface area contributed by atoms with E-state index in [1.165, 1.54) is 12.1 Å². The van der Waals surface area contributed by atoms with Gasteiger partial charge in [-0.25, -0.2) is 0 Å². The first-order valence-electron chi connectivity index (χ1n) is 6.62. The molecule has 2 rings (SSSR count). The lowest BCUT2D eigenvalue weighted by Gasteiger charge is -2.17. The summed E-state index contributed by atoms with van der Waals surface area (Å²) in [5, 5.41) is 24.9. The smallest absolute Gasteiger partial charge is 0.251 e. The van der Waals surface area contributed by atoms with Crippen molar-refractivity contribution in [2.24, 2.45) is 0 Å². The topological polar surface area (TPSA) is 81.6 Å². The second-order valence-electron chi connectivity index (χ2n) is 4.77. The molecule has 1 unspecified atom stereocenters. The van der Waals surface area contributed by atoms with E-state index < -0.39 is 0 Å². The number of aromatic hydroxyl groups is 2. The minimum absolute atomic E-state index is 0.0263. The Morgan fingerprint density at radius 2 is 1.76 bits per heavy atom. The summed E-state index contributed by atoms with van der Waals surface area (Å²) in [5.41, 5.74) is 2.11. The lowest BCUT2D eigenvalue weighted by atomic mass is 10.1. The Hall–Kier alpha value is -2.69. The molecule has 1 atom stereocenters. The zero-order valence-electron chi connectivity index (χ0n) is 11.9. The average Bonchev–Trinajstić information content (AvgIpc) is 2.47. The standard InChI is InChI=1S/C16H18N2O3/c1-10(14-8-7-13(19)9-15(14)20)18-12-5-3-11(4-6-12)16(21)17-2/h3-10,18-20H,1-2H3,(H,17,21). The van der Waals surface area contributed by atoms with E-state index in [0.717, 1.165) is 5.69 Å². The van der Waals surface area contributed by atoms with Gasteiger partial charge in [0, 0.05) is 29.9 Å². The van der Waals surface area contributed by atoms with Gasteiger partial charge < -0.3 is 20.8 Å². The molecule has 110 valence electrons. The van der Waals surface area contributed by atoms with Crippen LogP contribution < -0.4 is 10.6 Å². The second kappa shape index (κ2) is 6.17. The van der Waals surface area contributed by atoms with Crippen LogP contribution in [-0.2, 0) is 0 Å². The van der Waals surface area contributed by atoms with Gasteiger partial charge >= 0.3 is 0 Å². The fourth-order valence-corrected chi connectivity index (χ4v) is 2.09. The number of phenolic OH excluding ortho intramolecular Hbond substituents is 2. The number of anilines is 1. The minimum atomic E-state index is -0.142. The molecule has 4 N–H and O–H groups in total. The molecule has 0 saturated heterocycles. The first-order chi connectivity index (χ1) is 10.0. The molecule has 1 amide bonds. The summed E-state index contributed by atoms with van der Waals surface area (Å²) in [6.07, 6.45) is 0. The third kappa shape index (κ3) is 3.45. The predicted molar refractivity (Wildman–Crippen MR) is 81.6 cm³/mol. The van der Waals surface area contributed by atoms with E-state index >= 15 is 0 Å². The number of carbonyl (C=O) groups is 1. The number of hydrogen-bond acceptors (Lipinski definition) is 4. The Morgan fingerprint density at radius 1 is 1.10 bits per heavy atom. The molecule has 0 saturated carbocycles. The summed E-state index contributed by atoms with van der Waals surface area (Å²) in [4.78, 5) is 11.5. The van der Waals surface area contributed by atoms with Crippen molar-refractivity contribution in [3.63, 3.8) is 0 Å². The number of hydrogen-bond donors (Lipinski definition) is 4. The molecule has 21 heavy (non-hydrogen) atoms. The summed E-state index contributed by atoms with van der Waals surface area (Å²) in [6, 6.07) is 11.4. The Balaban J connectivity index is 2.12. The normalized spacial score (nSPS) is 11.7. The Kier molecular flexibility index (Phi) is 4.33. The van der Waals surface area contributed by atoms with Crippen LogP contribution in [0.15, 0.2) is 42.5 Å². The third-order valence-electron chi connectivity index (χ3n) is 3.24. The van der Waals surface area contributed by atoms with Gasteiger partial charge in [0.25, 0.3) is 5.91 Å². The van der Waals surface area contributed by atoms with E-state index in [9.17, 15) is 15.0 Å². The number of phenols is 2. The molecule has 0 spiro atoms. The van der Waals surface area contributed by atoms with Crippen LogP contribution >= 0.6 is 0 Å². The monoisotopic (exact) mass is 286 g/mol. The van der Waals surface area contributed by atoms with E-state index in [1.54, 1.807) is 37.4 Å². The van der Waals surface area contributed by atoms with Crippen LogP contribution in [0.25, 0.3) is 0 Å². The zero-order valence-corrected chi connectivity index (χ0v) is 11.9. The van der Waals surface area contributed by atoms with Crippen molar-refractivity contribution in [1.82, 2.24) is 5.32 Å². The summed E-state index contributed by atoms with van der Waals surface area (Å²) >= 11 is 0.